The molecule has 0 amide bonds. The number of nitrogens with zero attached hydrogens (tertiary/aromatic N) is 4. The van der Waals surface area contributed by atoms with Crippen LogP contribution in [0.15, 0.2) is 51.9 Å². The van der Waals surface area contributed by atoms with E-state index < -0.39 is 10.0 Å². The highest BCUT2D eigenvalue weighted by Crippen LogP contribution is 2.34. The van der Waals surface area contributed by atoms with Gasteiger partial charge in [0.2, 0.25) is 10.0 Å². The smallest absolute Gasteiger partial charge is 0.261 e. The van der Waals surface area contributed by atoms with Gasteiger partial charge in [0.25, 0.3) is 5.89 Å². The third kappa shape index (κ3) is 4.53. The van der Waals surface area contributed by atoms with Crippen LogP contribution >= 0.6 is 0 Å². The van der Waals surface area contributed by atoms with Crippen molar-refractivity contribution in [2.24, 2.45) is 0 Å². The van der Waals surface area contributed by atoms with Crippen LogP contribution in [-0.2, 0) is 10.0 Å². The van der Waals surface area contributed by atoms with Crippen LogP contribution in [0.5, 0.6) is 11.5 Å². The highest BCUT2D eigenvalue weighted by atomic mass is 32.2. The number of hydrogen-bond donors (Lipinski definition) is 0. The molecule has 3 aromatic rings. The van der Waals surface area contributed by atoms with Crippen molar-refractivity contribution in [2.45, 2.75) is 24.7 Å². The maximum Gasteiger partial charge on any atom is 0.261 e. The van der Waals surface area contributed by atoms with Gasteiger partial charge in [0.05, 0.1) is 30.4 Å². The van der Waals surface area contributed by atoms with Gasteiger partial charge < -0.3 is 18.9 Å². The lowest BCUT2D eigenvalue weighted by Gasteiger charge is -2.36. The van der Waals surface area contributed by atoms with Gasteiger partial charge >= 0.3 is 0 Å². The number of sulfonamides is 1. The van der Waals surface area contributed by atoms with Crippen molar-refractivity contribution in [1.82, 2.24) is 14.4 Å². The highest BCUT2D eigenvalue weighted by molar-refractivity contribution is 7.89. The fourth-order valence-corrected chi connectivity index (χ4v) is 5.25. The first-order valence-electron chi connectivity index (χ1n) is 10.7. The summed E-state index contributed by atoms with van der Waals surface area (Å²) in [4.78, 5) is 6.69. The van der Waals surface area contributed by atoms with Crippen LogP contribution in [0.25, 0.3) is 11.5 Å². The normalized spacial score (nSPS) is 15.1. The Kier molecular flexibility index (Phi) is 6.57. The van der Waals surface area contributed by atoms with E-state index >= 15 is 0 Å². The maximum absolute atomic E-state index is 13.4. The number of piperazine rings is 1. The molecule has 0 spiro atoms. The van der Waals surface area contributed by atoms with Gasteiger partial charge in [0.1, 0.15) is 11.5 Å². The summed E-state index contributed by atoms with van der Waals surface area (Å²) in [5.74, 6) is 2.10. The minimum absolute atomic E-state index is 0.0833. The molecule has 9 nitrogen and oxygen atoms in total. The molecule has 0 radical (unpaired) electrons. The number of methoxy groups -OCH3 is 2. The minimum Gasteiger partial charge on any atom is -0.496 e. The SMILES string of the molecule is COc1ccc(S(=O)(=O)N2CCN(c3ccccc3OC)CC2)cc1-c1nc(C(C)C)no1. The van der Waals surface area contributed by atoms with Gasteiger partial charge in [-0.3, -0.25) is 0 Å². The monoisotopic (exact) mass is 472 g/mol. The number of para-hydroxylation sites is 2. The molecule has 0 atom stereocenters. The molecule has 1 saturated heterocycles. The summed E-state index contributed by atoms with van der Waals surface area (Å²) >= 11 is 0. The van der Waals surface area contributed by atoms with E-state index in [-0.39, 0.29) is 16.7 Å². The Morgan fingerprint density at radius 1 is 0.970 bits per heavy atom. The summed E-state index contributed by atoms with van der Waals surface area (Å²) in [5, 5.41) is 3.98. The second-order valence-corrected chi connectivity index (χ2v) is 9.98. The van der Waals surface area contributed by atoms with Crippen LogP contribution in [-0.4, -0.2) is 63.3 Å². The standard InChI is InChI=1S/C23H28N4O5S/c1-16(2)22-24-23(32-25-22)18-15-17(9-10-20(18)30-3)33(28,29)27-13-11-26(12-14-27)19-7-5-6-8-21(19)31-4/h5-10,15-16H,11-14H2,1-4H3. The van der Waals surface area contributed by atoms with Gasteiger partial charge in [-0.15, -0.1) is 0 Å². The number of benzene rings is 2. The van der Waals surface area contributed by atoms with Gasteiger partial charge in [-0.05, 0) is 30.3 Å². The van der Waals surface area contributed by atoms with Crippen LogP contribution in [0, 0.1) is 0 Å². The molecule has 4 rings (SSSR count). The fraction of sp³-hybridized carbons (Fsp3) is 0.391. The van der Waals surface area contributed by atoms with Crippen LogP contribution < -0.4 is 14.4 Å². The molecule has 0 N–H and O–H groups in total. The summed E-state index contributed by atoms with van der Waals surface area (Å²) < 4.78 is 44.6. The maximum atomic E-state index is 13.4. The summed E-state index contributed by atoms with van der Waals surface area (Å²) in [6.45, 7) is 5.75. The molecule has 0 aliphatic carbocycles. The van der Waals surface area contributed by atoms with Crippen LogP contribution in [0.4, 0.5) is 5.69 Å². The second kappa shape index (κ2) is 9.40. The number of ether oxygens (including phenoxy) is 2. The van der Waals surface area contributed by atoms with E-state index in [0.29, 0.717) is 43.3 Å². The molecule has 1 fully saturated rings. The molecular weight excluding hydrogens is 444 g/mol. The predicted molar refractivity (Wildman–Crippen MR) is 124 cm³/mol. The molecule has 2 heterocycles. The Morgan fingerprint density at radius 2 is 1.67 bits per heavy atom. The summed E-state index contributed by atoms with van der Waals surface area (Å²) in [5.41, 5.74) is 1.41. The van der Waals surface area contributed by atoms with Gasteiger partial charge in [-0.2, -0.15) is 9.29 Å². The predicted octanol–water partition coefficient (Wildman–Crippen LogP) is 3.39. The first kappa shape index (κ1) is 23.1. The van der Waals surface area contributed by atoms with E-state index in [1.807, 2.05) is 38.1 Å². The summed E-state index contributed by atoms with van der Waals surface area (Å²) in [6, 6.07) is 12.4. The Bertz CT molecular complexity index is 1220. The van der Waals surface area contributed by atoms with E-state index in [0.717, 1.165) is 11.4 Å². The van der Waals surface area contributed by atoms with Gasteiger partial charge in [-0.25, -0.2) is 8.42 Å². The highest BCUT2D eigenvalue weighted by Gasteiger charge is 2.30. The zero-order valence-corrected chi connectivity index (χ0v) is 20.0. The van der Waals surface area contributed by atoms with E-state index in [1.165, 1.54) is 11.4 Å². The molecular formula is C23H28N4O5S. The molecule has 33 heavy (non-hydrogen) atoms. The largest absolute Gasteiger partial charge is 0.496 e. The van der Waals surface area contributed by atoms with Crippen molar-refractivity contribution in [3.8, 4) is 23.0 Å². The molecule has 2 aromatic carbocycles. The molecule has 1 aliphatic heterocycles. The van der Waals surface area contributed by atoms with E-state index in [1.54, 1.807) is 25.3 Å². The lowest BCUT2D eigenvalue weighted by Crippen LogP contribution is -2.48. The van der Waals surface area contributed by atoms with Gasteiger partial charge in [0.15, 0.2) is 5.82 Å². The molecule has 0 saturated carbocycles. The Morgan fingerprint density at radius 3 is 2.30 bits per heavy atom. The van der Waals surface area contributed by atoms with Crippen LogP contribution in [0.1, 0.15) is 25.6 Å². The third-order valence-corrected chi connectivity index (χ3v) is 7.56. The average molecular weight is 473 g/mol. The number of aromatic nitrogens is 2. The van der Waals surface area contributed by atoms with Gasteiger partial charge in [0, 0.05) is 32.1 Å². The molecule has 0 unspecified atom stereocenters. The van der Waals surface area contributed by atoms with E-state index in [2.05, 4.69) is 15.0 Å². The quantitative estimate of drug-likeness (QED) is 0.516. The number of rotatable bonds is 7. The first-order valence-corrected chi connectivity index (χ1v) is 12.2. The Labute approximate surface area is 194 Å². The summed E-state index contributed by atoms with van der Waals surface area (Å²) in [6.07, 6.45) is 0. The van der Waals surface area contributed by atoms with Crippen molar-refractivity contribution in [3.05, 3.63) is 48.3 Å². The van der Waals surface area contributed by atoms with E-state index in [9.17, 15) is 8.42 Å². The fourth-order valence-electron chi connectivity index (χ4n) is 3.80. The van der Waals surface area contributed by atoms with E-state index in [4.69, 9.17) is 14.0 Å². The average Bonchev–Trinajstić information content (AvgIpc) is 3.34. The van der Waals surface area contributed by atoms with Gasteiger partial charge in [-0.1, -0.05) is 31.1 Å². The zero-order chi connectivity index (χ0) is 23.6. The summed E-state index contributed by atoms with van der Waals surface area (Å²) in [7, 11) is -0.567. The minimum atomic E-state index is -3.72. The third-order valence-electron chi connectivity index (χ3n) is 5.66. The lowest BCUT2D eigenvalue weighted by molar-refractivity contribution is 0.378. The van der Waals surface area contributed by atoms with Crippen LogP contribution in [0.2, 0.25) is 0 Å². The molecule has 1 aliphatic rings. The Hall–Kier alpha value is -3.11. The van der Waals surface area contributed by atoms with Crippen molar-refractivity contribution in [2.75, 3.05) is 45.3 Å². The van der Waals surface area contributed by atoms with Crippen LogP contribution in [0.3, 0.4) is 0 Å². The molecule has 10 heteroatoms. The number of hydrogen-bond acceptors (Lipinski definition) is 8. The molecule has 176 valence electrons. The van der Waals surface area contributed by atoms with Crippen molar-refractivity contribution < 1.29 is 22.4 Å². The topological polar surface area (TPSA) is 98.0 Å². The second-order valence-electron chi connectivity index (χ2n) is 8.04. The lowest BCUT2D eigenvalue weighted by atomic mass is 10.2. The number of anilines is 1. The zero-order valence-electron chi connectivity index (χ0n) is 19.2. The van der Waals surface area contributed by atoms with Crippen molar-refractivity contribution >= 4 is 15.7 Å². The van der Waals surface area contributed by atoms with Crippen molar-refractivity contribution in [1.29, 1.82) is 0 Å². The molecule has 1 aromatic heterocycles. The van der Waals surface area contributed by atoms with Crippen molar-refractivity contribution in [3.63, 3.8) is 0 Å². The first-order chi connectivity index (χ1) is 15.8. The molecule has 0 bridgehead atoms. The Balaban J connectivity index is 1.57.